The van der Waals surface area contributed by atoms with Crippen molar-refractivity contribution in [3.63, 3.8) is 0 Å². The van der Waals surface area contributed by atoms with E-state index in [0.29, 0.717) is 19.3 Å². The Bertz CT molecular complexity index is 1840. The molecular weight excluding hydrogens is 1030 g/mol. The van der Waals surface area contributed by atoms with E-state index in [-0.39, 0.29) is 12.3 Å². The number of hydrogen-bond acceptors (Lipinski definition) is 18. The zero-order chi connectivity index (χ0) is 58.3. The van der Waals surface area contributed by atoms with E-state index in [1.165, 1.54) is 51.4 Å². The molecule has 3 heterocycles. The molecule has 12 N–H and O–H groups in total. The summed E-state index contributed by atoms with van der Waals surface area (Å²) in [4.78, 5) is 13.3. The highest BCUT2D eigenvalue weighted by atomic mass is 16.8. The lowest BCUT2D eigenvalue weighted by Gasteiger charge is -2.48. The summed E-state index contributed by atoms with van der Waals surface area (Å²) in [6.07, 6.45) is 26.8. The van der Waals surface area contributed by atoms with E-state index in [4.69, 9.17) is 28.4 Å². The highest BCUT2D eigenvalue weighted by Gasteiger charge is 2.53. The van der Waals surface area contributed by atoms with Gasteiger partial charge in [0, 0.05) is 6.42 Å². The molecule has 458 valence electrons. The predicted octanol–water partition coefficient (Wildman–Crippen LogP) is 4.98. The van der Waals surface area contributed by atoms with Gasteiger partial charge in [-0.05, 0) is 83.5 Å². The number of allylic oxidation sites excluding steroid dienone is 15. The van der Waals surface area contributed by atoms with Gasteiger partial charge in [-0.3, -0.25) is 4.79 Å². The maximum atomic E-state index is 13.3. The van der Waals surface area contributed by atoms with Gasteiger partial charge in [-0.15, -0.1) is 0 Å². The van der Waals surface area contributed by atoms with Crippen molar-refractivity contribution < 1.29 is 89.4 Å². The minimum Gasteiger partial charge on any atom is -0.394 e. The van der Waals surface area contributed by atoms with Gasteiger partial charge in [0.2, 0.25) is 5.91 Å². The third-order valence-corrected chi connectivity index (χ3v) is 14.1. The maximum absolute atomic E-state index is 13.3. The first-order valence-corrected chi connectivity index (χ1v) is 29.5. The van der Waals surface area contributed by atoms with E-state index in [1.807, 2.05) is 18.2 Å². The Labute approximate surface area is 475 Å². The van der Waals surface area contributed by atoms with Gasteiger partial charge in [0.1, 0.15) is 73.2 Å². The molecule has 17 unspecified atom stereocenters. The second-order valence-corrected chi connectivity index (χ2v) is 20.7. The normalized spacial score (nSPS) is 30.7. The molecule has 17 atom stereocenters. The fourth-order valence-electron chi connectivity index (χ4n) is 9.26. The maximum Gasteiger partial charge on any atom is 0.220 e. The number of amides is 1. The third-order valence-electron chi connectivity index (χ3n) is 14.1. The van der Waals surface area contributed by atoms with Crippen molar-refractivity contribution in [2.24, 2.45) is 0 Å². The molecule has 0 spiro atoms. The van der Waals surface area contributed by atoms with Crippen molar-refractivity contribution in [1.29, 1.82) is 0 Å². The van der Waals surface area contributed by atoms with Crippen LogP contribution in [-0.2, 0) is 33.2 Å². The fourth-order valence-corrected chi connectivity index (χ4v) is 9.26. The number of rotatable bonds is 41. The summed E-state index contributed by atoms with van der Waals surface area (Å²) in [5.41, 5.74) is 0. The molecule has 1 amide bonds. The lowest BCUT2D eigenvalue weighted by atomic mass is 9.96. The van der Waals surface area contributed by atoms with Crippen molar-refractivity contribution in [2.45, 2.75) is 253 Å². The van der Waals surface area contributed by atoms with Crippen LogP contribution in [0.15, 0.2) is 97.2 Å². The second-order valence-electron chi connectivity index (χ2n) is 20.7. The Morgan fingerprint density at radius 3 is 1.40 bits per heavy atom. The summed E-state index contributed by atoms with van der Waals surface area (Å²) in [6.45, 7) is 1.50. The van der Waals surface area contributed by atoms with Gasteiger partial charge in [-0.25, -0.2) is 0 Å². The molecule has 0 saturated carbocycles. The Balaban J connectivity index is 1.56. The molecule has 19 heteroatoms. The molecule has 0 aliphatic carbocycles. The molecule has 3 saturated heterocycles. The lowest BCUT2D eigenvalue weighted by molar-refractivity contribution is -0.379. The zero-order valence-electron chi connectivity index (χ0n) is 47.5. The minimum absolute atomic E-state index is 0.148. The number of aliphatic hydroxyl groups excluding tert-OH is 11. The lowest BCUT2D eigenvalue weighted by Crippen LogP contribution is -2.66. The first-order valence-electron chi connectivity index (χ1n) is 29.5. The highest BCUT2D eigenvalue weighted by Crippen LogP contribution is 2.33. The van der Waals surface area contributed by atoms with Gasteiger partial charge in [-0.1, -0.05) is 156 Å². The highest BCUT2D eigenvalue weighted by molar-refractivity contribution is 5.76. The smallest absolute Gasteiger partial charge is 0.220 e. The van der Waals surface area contributed by atoms with Gasteiger partial charge in [0.05, 0.1) is 38.6 Å². The van der Waals surface area contributed by atoms with E-state index in [1.54, 1.807) is 6.08 Å². The van der Waals surface area contributed by atoms with Crippen molar-refractivity contribution in [2.75, 3.05) is 26.4 Å². The molecule has 3 rings (SSSR count). The summed E-state index contributed by atoms with van der Waals surface area (Å²) >= 11 is 0. The van der Waals surface area contributed by atoms with Crippen LogP contribution < -0.4 is 5.32 Å². The largest absolute Gasteiger partial charge is 0.394 e. The van der Waals surface area contributed by atoms with Crippen molar-refractivity contribution in [1.82, 2.24) is 5.32 Å². The van der Waals surface area contributed by atoms with Crippen LogP contribution in [0.3, 0.4) is 0 Å². The Hall–Kier alpha value is -3.29. The first-order chi connectivity index (χ1) is 38.8. The second kappa shape index (κ2) is 43.4. The number of hydrogen-bond donors (Lipinski definition) is 12. The summed E-state index contributed by atoms with van der Waals surface area (Å²) < 4.78 is 34.2. The van der Waals surface area contributed by atoms with Crippen LogP contribution in [0.5, 0.6) is 0 Å². The first kappa shape index (κ1) is 71.0. The number of carbonyl (C=O) groups is 1. The summed E-state index contributed by atoms with van der Waals surface area (Å²) in [6, 6.07) is -1.03. The summed E-state index contributed by atoms with van der Waals surface area (Å²) in [5.74, 6) is -0.352. The van der Waals surface area contributed by atoms with E-state index in [2.05, 4.69) is 92.1 Å². The van der Waals surface area contributed by atoms with Crippen LogP contribution in [0.1, 0.15) is 149 Å². The molecule has 19 nitrogen and oxygen atoms in total. The van der Waals surface area contributed by atoms with E-state index in [0.717, 1.165) is 57.8 Å². The van der Waals surface area contributed by atoms with E-state index in [9.17, 15) is 61.0 Å². The van der Waals surface area contributed by atoms with Crippen LogP contribution in [0, 0.1) is 0 Å². The number of nitrogens with one attached hydrogen (secondary N) is 1. The topological polar surface area (TPSA) is 307 Å². The summed E-state index contributed by atoms with van der Waals surface area (Å²) in [7, 11) is 0. The Morgan fingerprint density at radius 2 is 0.875 bits per heavy atom. The quantitative estimate of drug-likeness (QED) is 0.0284. The van der Waals surface area contributed by atoms with Crippen molar-refractivity contribution in [3.05, 3.63) is 97.2 Å². The molecule has 0 aromatic heterocycles. The molecule has 0 aromatic rings. The van der Waals surface area contributed by atoms with Crippen molar-refractivity contribution >= 4 is 5.91 Å². The Kier molecular flexibility index (Phi) is 38.5. The van der Waals surface area contributed by atoms with Gasteiger partial charge < -0.3 is 89.9 Å². The fraction of sp³-hybridized carbons (Fsp3) is 0.721. The van der Waals surface area contributed by atoms with Gasteiger partial charge in [-0.2, -0.15) is 0 Å². The average molecular weight is 1140 g/mol. The molecule has 3 aliphatic rings. The van der Waals surface area contributed by atoms with Crippen LogP contribution in [0.4, 0.5) is 0 Å². The van der Waals surface area contributed by atoms with Crippen LogP contribution in [0.2, 0.25) is 0 Å². The molecule has 0 aromatic carbocycles. The number of aliphatic hydroxyl groups is 11. The van der Waals surface area contributed by atoms with Gasteiger partial charge in [0.25, 0.3) is 0 Å². The van der Waals surface area contributed by atoms with Crippen LogP contribution >= 0.6 is 0 Å². The number of ether oxygens (including phenoxy) is 6. The zero-order valence-corrected chi connectivity index (χ0v) is 47.5. The van der Waals surface area contributed by atoms with E-state index < -0.39 is 131 Å². The predicted molar refractivity (Wildman–Crippen MR) is 304 cm³/mol. The number of carbonyl (C=O) groups excluding carboxylic acids is 1. The molecule has 0 bridgehead atoms. The van der Waals surface area contributed by atoms with Crippen LogP contribution in [-0.4, -0.2) is 193 Å². The SMILES string of the molecule is CC/C=C\C/C=C\C/C=C\C/C=C\C/C=C\CCCC(=O)NC(COC1OC(CO)C(OC2OC(CO)C(OC3OC(CO)C(O)C(O)C3O)C(O)C2O)C(O)C1O)C(O)/C=C/CC/C=C/CC/C=C/CCCCCCCCCC. The average Bonchev–Trinajstić information content (AvgIpc) is 3.50. The molecule has 3 aliphatic heterocycles. The summed E-state index contributed by atoms with van der Waals surface area (Å²) in [5, 5.41) is 120. The van der Waals surface area contributed by atoms with Crippen molar-refractivity contribution in [3.8, 4) is 0 Å². The molecule has 3 fully saturated rings. The standard InChI is InChI=1S/C61H101NO18/c1-3-5-7-9-11-13-15-17-19-21-23-24-26-28-30-32-34-36-38-45(66)44(62-49(67)39-37-35-33-31-29-27-25-22-20-18-16-14-12-10-8-6-4-2)43-75-59-55(73)52(70)57(47(41-64)77-59)80-61-56(74)53(71)58(48(42-65)78-61)79-60-54(72)51(69)50(68)46(40-63)76-60/h6,8,12,14,18,20-21,23,25,27-28,30-31,33,36,38,44-48,50-61,63-66,68-74H,3-5,7,9-11,13,15-17,19,22,24,26,29,32,34-35,37,39-43H2,1-2H3,(H,62,67)/b8-6-,14-12-,20-18-,23-21+,27-25-,30-28+,33-31-,38-36+. The Morgan fingerprint density at radius 1 is 0.463 bits per heavy atom. The number of unbranched alkanes of at least 4 members (excludes halogenated alkanes) is 11. The minimum atomic E-state index is -1.99. The molecule has 80 heavy (non-hydrogen) atoms. The van der Waals surface area contributed by atoms with Gasteiger partial charge >= 0.3 is 0 Å². The monoisotopic (exact) mass is 1140 g/mol. The third kappa shape index (κ3) is 27.0. The van der Waals surface area contributed by atoms with E-state index >= 15 is 0 Å². The molecular formula is C61H101NO18. The molecule has 0 radical (unpaired) electrons. The van der Waals surface area contributed by atoms with Gasteiger partial charge in [0.15, 0.2) is 18.9 Å². The van der Waals surface area contributed by atoms with Crippen LogP contribution in [0.25, 0.3) is 0 Å².